The first-order chi connectivity index (χ1) is 9.08. The number of aryl methyl sites for hydroxylation is 1. The van der Waals surface area contributed by atoms with Crippen LogP contribution in [0.4, 0.5) is 0 Å². The summed E-state index contributed by atoms with van der Waals surface area (Å²) in [5.74, 6) is -0.965. The number of carbonyl (C=O) groups is 2. The van der Waals surface area contributed by atoms with Crippen molar-refractivity contribution in [1.29, 1.82) is 0 Å². The first-order valence-corrected chi connectivity index (χ1v) is 6.53. The van der Waals surface area contributed by atoms with Crippen LogP contribution in [0.15, 0.2) is 0 Å². The van der Waals surface area contributed by atoms with Crippen molar-refractivity contribution in [2.24, 2.45) is 0 Å². The largest absolute Gasteiger partial charge is 0.480 e. The van der Waals surface area contributed by atoms with E-state index in [0.29, 0.717) is 18.7 Å². The molecule has 1 aromatic heterocycles. The number of H-pyrrole nitrogens is 1. The third-order valence-electron chi connectivity index (χ3n) is 2.67. The summed E-state index contributed by atoms with van der Waals surface area (Å²) in [6.07, 6.45) is 3.63. The van der Waals surface area contributed by atoms with E-state index < -0.39 is 17.9 Å². The lowest BCUT2D eigenvalue weighted by Gasteiger charge is -2.12. The van der Waals surface area contributed by atoms with Crippen molar-refractivity contribution in [3.8, 4) is 0 Å². The zero-order valence-corrected chi connectivity index (χ0v) is 11.3. The average Bonchev–Trinajstić information content (AvgIpc) is 2.83. The predicted octanol–water partition coefficient (Wildman–Crippen LogP) is 1.13. The molecule has 0 saturated heterocycles. The maximum Gasteiger partial charge on any atom is 0.326 e. The smallest absolute Gasteiger partial charge is 0.326 e. The number of unbranched alkanes of at least 4 members (excludes halogenated alkanes) is 1. The number of rotatable bonds is 8. The van der Waals surface area contributed by atoms with Crippen LogP contribution in [-0.4, -0.2) is 38.2 Å². The van der Waals surface area contributed by atoms with Gasteiger partial charge in [-0.25, -0.2) is 9.78 Å². The molecule has 3 N–H and O–H groups in total. The van der Waals surface area contributed by atoms with Crippen molar-refractivity contribution in [2.45, 2.75) is 52.0 Å². The molecule has 0 aliphatic rings. The first-order valence-electron chi connectivity index (χ1n) is 6.53. The zero-order chi connectivity index (χ0) is 14.3. The predicted molar refractivity (Wildman–Crippen MR) is 68.8 cm³/mol. The molecule has 0 unspecified atom stereocenters. The van der Waals surface area contributed by atoms with Crippen molar-refractivity contribution < 1.29 is 14.7 Å². The number of aliphatic carboxylic acids is 1. The van der Waals surface area contributed by atoms with Gasteiger partial charge >= 0.3 is 5.97 Å². The average molecular weight is 268 g/mol. The highest BCUT2D eigenvalue weighted by atomic mass is 16.4. The van der Waals surface area contributed by atoms with Gasteiger partial charge in [0.25, 0.3) is 5.91 Å². The molecule has 0 saturated carbocycles. The van der Waals surface area contributed by atoms with Crippen LogP contribution in [0.5, 0.6) is 0 Å². The molecule has 0 spiro atoms. The van der Waals surface area contributed by atoms with E-state index in [1.54, 1.807) is 0 Å². The topological polar surface area (TPSA) is 108 Å². The second kappa shape index (κ2) is 7.50. The quantitative estimate of drug-likeness (QED) is 0.655. The number of hydrogen-bond donors (Lipinski definition) is 3. The number of carboxylic acids is 1. The third-order valence-corrected chi connectivity index (χ3v) is 2.67. The summed E-state index contributed by atoms with van der Waals surface area (Å²) < 4.78 is 0. The highest BCUT2D eigenvalue weighted by Gasteiger charge is 2.22. The molecule has 0 radical (unpaired) electrons. The van der Waals surface area contributed by atoms with Gasteiger partial charge < -0.3 is 10.4 Å². The van der Waals surface area contributed by atoms with Gasteiger partial charge in [0.15, 0.2) is 0 Å². The van der Waals surface area contributed by atoms with Crippen LogP contribution in [0.1, 0.15) is 56.0 Å². The number of carbonyl (C=O) groups excluding carboxylic acids is 1. The maximum absolute atomic E-state index is 11.8. The van der Waals surface area contributed by atoms with E-state index >= 15 is 0 Å². The molecule has 0 fully saturated rings. The van der Waals surface area contributed by atoms with E-state index in [4.69, 9.17) is 5.11 Å². The fourth-order valence-corrected chi connectivity index (χ4v) is 1.63. The van der Waals surface area contributed by atoms with Crippen molar-refractivity contribution in [2.75, 3.05) is 0 Å². The van der Waals surface area contributed by atoms with E-state index in [0.717, 1.165) is 19.3 Å². The summed E-state index contributed by atoms with van der Waals surface area (Å²) in [5.41, 5.74) is 0. The van der Waals surface area contributed by atoms with Crippen molar-refractivity contribution >= 4 is 11.9 Å². The van der Waals surface area contributed by atoms with Crippen LogP contribution in [0.25, 0.3) is 0 Å². The van der Waals surface area contributed by atoms with E-state index in [2.05, 4.69) is 20.5 Å². The summed E-state index contributed by atoms with van der Waals surface area (Å²) in [5, 5.41) is 17.9. The normalized spacial score (nSPS) is 12.1. The molecule has 1 rings (SSSR count). The van der Waals surface area contributed by atoms with Crippen LogP contribution in [0, 0.1) is 0 Å². The lowest BCUT2D eigenvalue weighted by atomic mass is 10.1. The molecule has 0 aliphatic carbocycles. The second-order valence-electron chi connectivity index (χ2n) is 4.36. The van der Waals surface area contributed by atoms with Gasteiger partial charge in [-0.2, -0.15) is 0 Å². The summed E-state index contributed by atoms with van der Waals surface area (Å²) in [7, 11) is 0. The molecule has 7 nitrogen and oxygen atoms in total. The molecule has 1 aromatic rings. The van der Waals surface area contributed by atoms with Gasteiger partial charge in [0.2, 0.25) is 5.82 Å². The molecule has 1 atom stereocenters. The first kappa shape index (κ1) is 15.1. The maximum atomic E-state index is 11.8. The summed E-state index contributed by atoms with van der Waals surface area (Å²) in [6.45, 7) is 3.96. The third kappa shape index (κ3) is 4.69. The zero-order valence-electron chi connectivity index (χ0n) is 11.3. The molecule has 1 amide bonds. The second-order valence-corrected chi connectivity index (χ2v) is 4.36. The fourth-order valence-electron chi connectivity index (χ4n) is 1.63. The molecule has 1 heterocycles. The number of nitrogens with zero attached hydrogens (tertiary/aromatic N) is 2. The monoisotopic (exact) mass is 268 g/mol. The highest BCUT2D eigenvalue weighted by Crippen LogP contribution is 2.03. The Hall–Kier alpha value is -1.92. The summed E-state index contributed by atoms with van der Waals surface area (Å²) in [6, 6.07) is -0.888. The lowest BCUT2D eigenvalue weighted by Crippen LogP contribution is -2.41. The minimum Gasteiger partial charge on any atom is -0.480 e. The van der Waals surface area contributed by atoms with Gasteiger partial charge in [0.1, 0.15) is 11.9 Å². The standard InChI is InChI=1S/C12H20N4O3/c1-3-5-7-8(12(18)19)13-11(17)10-14-9(6-4-2)15-16-10/h8H,3-7H2,1-2H3,(H,13,17)(H,18,19)(H,14,15,16)/t8-/m0/s1. The Morgan fingerprint density at radius 2 is 2.11 bits per heavy atom. The minimum atomic E-state index is -1.04. The van der Waals surface area contributed by atoms with Gasteiger partial charge in [-0.1, -0.05) is 26.7 Å². The SMILES string of the molecule is CCCC[C@H](NC(=O)c1n[nH]c(CCC)n1)C(=O)O. The van der Waals surface area contributed by atoms with Gasteiger partial charge in [0.05, 0.1) is 0 Å². The Bertz CT molecular complexity index is 430. The molecule has 0 aromatic carbocycles. The minimum absolute atomic E-state index is 0.00815. The Balaban J connectivity index is 2.62. The van der Waals surface area contributed by atoms with Crippen LogP contribution in [-0.2, 0) is 11.2 Å². The molecule has 7 heteroatoms. The van der Waals surface area contributed by atoms with E-state index in [1.165, 1.54) is 0 Å². The van der Waals surface area contributed by atoms with Crippen molar-refractivity contribution in [3.05, 3.63) is 11.6 Å². The number of hydrogen-bond acceptors (Lipinski definition) is 4. The Morgan fingerprint density at radius 3 is 2.68 bits per heavy atom. The molecular formula is C12H20N4O3. The number of carboxylic acid groups (broad SMARTS) is 1. The number of aromatic nitrogens is 3. The number of nitrogens with one attached hydrogen (secondary N) is 2. The molecule has 106 valence electrons. The molecule has 19 heavy (non-hydrogen) atoms. The van der Waals surface area contributed by atoms with Crippen molar-refractivity contribution in [1.82, 2.24) is 20.5 Å². The highest BCUT2D eigenvalue weighted by molar-refractivity contribution is 5.93. The molecule has 0 aliphatic heterocycles. The fraction of sp³-hybridized carbons (Fsp3) is 0.667. The molecular weight excluding hydrogens is 248 g/mol. The Labute approximate surface area is 111 Å². The van der Waals surface area contributed by atoms with Crippen LogP contribution in [0.2, 0.25) is 0 Å². The Kier molecular flexibility index (Phi) is 5.98. The van der Waals surface area contributed by atoms with E-state index in [9.17, 15) is 9.59 Å². The summed E-state index contributed by atoms with van der Waals surface area (Å²) in [4.78, 5) is 26.9. The number of amides is 1. The van der Waals surface area contributed by atoms with Crippen LogP contribution in [0.3, 0.4) is 0 Å². The lowest BCUT2D eigenvalue weighted by molar-refractivity contribution is -0.139. The van der Waals surface area contributed by atoms with Crippen LogP contribution >= 0.6 is 0 Å². The molecule has 0 bridgehead atoms. The van der Waals surface area contributed by atoms with Gasteiger partial charge in [-0.05, 0) is 12.8 Å². The van der Waals surface area contributed by atoms with E-state index in [-0.39, 0.29) is 5.82 Å². The number of aromatic amines is 1. The van der Waals surface area contributed by atoms with Gasteiger partial charge in [-0.3, -0.25) is 9.89 Å². The van der Waals surface area contributed by atoms with Gasteiger partial charge in [0, 0.05) is 6.42 Å². The van der Waals surface area contributed by atoms with Gasteiger partial charge in [-0.15, -0.1) is 5.10 Å². The van der Waals surface area contributed by atoms with E-state index in [1.807, 2.05) is 13.8 Å². The Morgan fingerprint density at radius 1 is 1.37 bits per heavy atom. The summed E-state index contributed by atoms with van der Waals surface area (Å²) >= 11 is 0. The van der Waals surface area contributed by atoms with Crippen LogP contribution < -0.4 is 5.32 Å². The van der Waals surface area contributed by atoms with Crippen molar-refractivity contribution in [3.63, 3.8) is 0 Å².